The number of fused-ring (bicyclic) bond motifs is 1. The third-order valence-corrected chi connectivity index (χ3v) is 4.86. The molecule has 4 rings (SSSR count). The molecule has 5 nitrogen and oxygen atoms in total. The van der Waals surface area contributed by atoms with Crippen LogP contribution in [0.5, 0.6) is 5.75 Å². The monoisotopic (exact) mass is 355 g/mol. The number of carbonyl (C=O) groups excluding carboxylic acids is 1. The van der Waals surface area contributed by atoms with Crippen LogP contribution in [-0.2, 0) is 0 Å². The van der Waals surface area contributed by atoms with Crippen LogP contribution in [0.25, 0.3) is 11.0 Å². The number of H-pyrrole nitrogens is 1. The average Bonchev–Trinajstić information content (AvgIpc) is 3.27. The highest BCUT2D eigenvalue weighted by atomic mass is 35.5. The maximum absolute atomic E-state index is 13.1. The molecule has 1 aliphatic rings. The van der Waals surface area contributed by atoms with Gasteiger partial charge in [0.05, 0.1) is 29.7 Å². The van der Waals surface area contributed by atoms with Crippen molar-refractivity contribution in [1.29, 1.82) is 0 Å². The highest BCUT2D eigenvalue weighted by Crippen LogP contribution is 2.34. The number of nitrogens with zero attached hydrogens (tertiary/aromatic N) is 2. The van der Waals surface area contributed by atoms with Gasteiger partial charge in [-0.2, -0.15) is 0 Å². The first-order chi connectivity index (χ1) is 12.2. The topological polar surface area (TPSA) is 58.2 Å². The molecule has 2 heterocycles. The number of benzene rings is 2. The Kier molecular flexibility index (Phi) is 4.09. The summed E-state index contributed by atoms with van der Waals surface area (Å²) in [5, 5.41) is 0.517. The molecule has 1 aliphatic heterocycles. The number of rotatable bonds is 3. The maximum Gasteiger partial charge on any atom is 0.258 e. The second-order valence-electron chi connectivity index (χ2n) is 6.14. The van der Waals surface area contributed by atoms with Gasteiger partial charge in [-0.1, -0.05) is 23.7 Å². The number of imidazole rings is 1. The van der Waals surface area contributed by atoms with Crippen LogP contribution < -0.4 is 4.74 Å². The van der Waals surface area contributed by atoms with Crippen LogP contribution in [-0.4, -0.2) is 34.4 Å². The highest BCUT2D eigenvalue weighted by Gasteiger charge is 2.33. The minimum Gasteiger partial charge on any atom is -0.496 e. The highest BCUT2D eigenvalue weighted by molar-refractivity contribution is 6.31. The van der Waals surface area contributed by atoms with Crippen molar-refractivity contribution in [2.24, 2.45) is 0 Å². The summed E-state index contributed by atoms with van der Waals surface area (Å²) in [5.74, 6) is 1.28. The van der Waals surface area contributed by atoms with Crippen LogP contribution in [0.1, 0.15) is 35.1 Å². The lowest BCUT2D eigenvalue weighted by atomic mass is 10.1. The van der Waals surface area contributed by atoms with Gasteiger partial charge < -0.3 is 14.6 Å². The molecule has 1 fully saturated rings. The lowest BCUT2D eigenvalue weighted by Crippen LogP contribution is -2.31. The van der Waals surface area contributed by atoms with E-state index in [0.29, 0.717) is 22.9 Å². The van der Waals surface area contributed by atoms with Crippen LogP contribution in [0.4, 0.5) is 0 Å². The van der Waals surface area contributed by atoms with E-state index < -0.39 is 0 Å². The van der Waals surface area contributed by atoms with Crippen molar-refractivity contribution in [3.05, 3.63) is 58.9 Å². The van der Waals surface area contributed by atoms with Crippen LogP contribution >= 0.6 is 11.6 Å². The molecular weight excluding hydrogens is 338 g/mol. The van der Waals surface area contributed by atoms with Crippen molar-refractivity contribution in [1.82, 2.24) is 14.9 Å². The molecule has 0 aliphatic carbocycles. The van der Waals surface area contributed by atoms with E-state index in [1.165, 1.54) is 0 Å². The molecule has 1 N–H and O–H groups in total. The van der Waals surface area contributed by atoms with Gasteiger partial charge in [0, 0.05) is 11.6 Å². The molecule has 128 valence electrons. The molecule has 2 aromatic carbocycles. The Labute approximate surface area is 150 Å². The first-order valence-electron chi connectivity index (χ1n) is 8.26. The summed E-state index contributed by atoms with van der Waals surface area (Å²) in [4.78, 5) is 23.0. The molecule has 6 heteroatoms. The van der Waals surface area contributed by atoms with E-state index >= 15 is 0 Å². The standard InChI is InChI=1S/C19H18ClN3O2/c1-25-17-9-8-12(20)11-13(17)19(24)23-10-4-7-16(23)18-21-14-5-2-3-6-15(14)22-18/h2-3,5-6,8-9,11,16H,4,7,10H2,1H3,(H,21,22)/t16-/m1/s1. The predicted octanol–water partition coefficient (Wildman–Crippen LogP) is 4.20. The number of aromatic amines is 1. The molecule has 0 bridgehead atoms. The van der Waals surface area contributed by atoms with Gasteiger partial charge in [0.1, 0.15) is 11.6 Å². The number of hydrogen-bond acceptors (Lipinski definition) is 3. The number of likely N-dealkylation sites (tertiary alicyclic amines) is 1. The van der Waals surface area contributed by atoms with Gasteiger partial charge in [-0.25, -0.2) is 4.98 Å². The maximum atomic E-state index is 13.1. The Balaban J connectivity index is 1.69. The van der Waals surface area contributed by atoms with Crippen molar-refractivity contribution in [3.63, 3.8) is 0 Å². The molecule has 1 aromatic heterocycles. The zero-order valence-corrected chi connectivity index (χ0v) is 14.6. The number of nitrogens with one attached hydrogen (secondary N) is 1. The summed E-state index contributed by atoms with van der Waals surface area (Å²) < 4.78 is 5.34. The van der Waals surface area contributed by atoms with E-state index in [2.05, 4.69) is 9.97 Å². The number of para-hydroxylation sites is 2. The van der Waals surface area contributed by atoms with Crippen molar-refractivity contribution < 1.29 is 9.53 Å². The Hall–Kier alpha value is -2.53. The molecule has 0 spiro atoms. The number of hydrogen-bond donors (Lipinski definition) is 1. The van der Waals surface area contributed by atoms with Gasteiger partial charge in [-0.3, -0.25) is 4.79 Å². The number of ether oxygens (including phenoxy) is 1. The van der Waals surface area contributed by atoms with Crippen LogP contribution in [0.3, 0.4) is 0 Å². The lowest BCUT2D eigenvalue weighted by Gasteiger charge is -2.24. The fraction of sp³-hybridized carbons (Fsp3) is 0.263. The van der Waals surface area contributed by atoms with Gasteiger partial charge in [-0.05, 0) is 43.2 Å². The van der Waals surface area contributed by atoms with Gasteiger partial charge in [0.2, 0.25) is 0 Å². The summed E-state index contributed by atoms with van der Waals surface area (Å²) in [6, 6.07) is 12.9. The van der Waals surface area contributed by atoms with Crippen LogP contribution in [0, 0.1) is 0 Å². The molecular formula is C19H18ClN3O2. The zero-order chi connectivity index (χ0) is 17.4. The number of halogens is 1. The van der Waals surface area contributed by atoms with Crippen molar-refractivity contribution in [2.75, 3.05) is 13.7 Å². The van der Waals surface area contributed by atoms with Gasteiger partial charge in [0.25, 0.3) is 5.91 Å². The summed E-state index contributed by atoms with van der Waals surface area (Å²) >= 11 is 6.09. The Morgan fingerprint density at radius 1 is 1.32 bits per heavy atom. The average molecular weight is 356 g/mol. The van der Waals surface area contributed by atoms with Crippen LogP contribution in [0.15, 0.2) is 42.5 Å². The molecule has 3 aromatic rings. The number of aromatic nitrogens is 2. The Bertz CT molecular complexity index is 904. The Morgan fingerprint density at radius 3 is 2.96 bits per heavy atom. The summed E-state index contributed by atoms with van der Waals surface area (Å²) in [7, 11) is 1.56. The van der Waals surface area contributed by atoms with E-state index in [-0.39, 0.29) is 11.9 Å². The normalized spacial score (nSPS) is 17.2. The third kappa shape index (κ3) is 2.85. The second-order valence-corrected chi connectivity index (χ2v) is 6.58. The number of methoxy groups -OCH3 is 1. The van der Waals surface area contributed by atoms with E-state index in [4.69, 9.17) is 16.3 Å². The van der Waals surface area contributed by atoms with E-state index in [1.807, 2.05) is 29.2 Å². The smallest absolute Gasteiger partial charge is 0.258 e. The number of carbonyl (C=O) groups is 1. The number of amides is 1. The molecule has 0 radical (unpaired) electrons. The zero-order valence-electron chi connectivity index (χ0n) is 13.8. The van der Waals surface area contributed by atoms with E-state index in [9.17, 15) is 4.79 Å². The van der Waals surface area contributed by atoms with Crippen molar-refractivity contribution >= 4 is 28.5 Å². The molecule has 1 amide bonds. The fourth-order valence-electron chi connectivity index (χ4n) is 3.43. The third-order valence-electron chi connectivity index (χ3n) is 4.63. The molecule has 0 unspecified atom stereocenters. The minimum atomic E-state index is -0.0812. The summed E-state index contributed by atoms with van der Waals surface area (Å²) in [6.07, 6.45) is 1.82. The predicted molar refractivity (Wildman–Crippen MR) is 97.1 cm³/mol. The largest absolute Gasteiger partial charge is 0.496 e. The minimum absolute atomic E-state index is 0.0661. The van der Waals surface area contributed by atoms with Crippen LogP contribution in [0.2, 0.25) is 5.02 Å². The Morgan fingerprint density at radius 2 is 2.16 bits per heavy atom. The molecule has 1 atom stereocenters. The lowest BCUT2D eigenvalue weighted by molar-refractivity contribution is 0.0727. The molecule has 1 saturated heterocycles. The van der Waals surface area contributed by atoms with Crippen molar-refractivity contribution in [3.8, 4) is 5.75 Å². The molecule has 25 heavy (non-hydrogen) atoms. The van der Waals surface area contributed by atoms with E-state index in [0.717, 1.165) is 29.7 Å². The molecule has 0 saturated carbocycles. The van der Waals surface area contributed by atoms with E-state index in [1.54, 1.807) is 25.3 Å². The SMILES string of the molecule is COc1ccc(Cl)cc1C(=O)N1CCC[C@@H]1c1nc2ccccc2[nH]1. The second kappa shape index (κ2) is 6.41. The fourth-order valence-corrected chi connectivity index (χ4v) is 3.60. The summed E-state index contributed by atoms with van der Waals surface area (Å²) in [5.41, 5.74) is 2.38. The van der Waals surface area contributed by atoms with Crippen molar-refractivity contribution in [2.45, 2.75) is 18.9 Å². The van der Waals surface area contributed by atoms with Gasteiger partial charge in [0.15, 0.2) is 0 Å². The first kappa shape index (κ1) is 16.0. The quantitative estimate of drug-likeness (QED) is 0.766. The first-order valence-corrected chi connectivity index (χ1v) is 8.64. The van der Waals surface area contributed by atoms with Gasteiger partial charge in [-0.15, -0.1) is 0 Å². The van der Waals surface area contributed by atoms with Gasteiger partial charge >= 0.3 is 0 Å². The summed E-state index contributed by atoms with van der Waals surface area (Å²) in [6.45, 7) is 0.691.